The summed E-state index contributed by atoms with van der Waals surface area (Å²) >= 11 is 11.9. The molecule has 1 aromatic heterocycles. The van der Waals surface area contributed by atoms with Crippen molar-refractivity contribution in [2.24, 2.45) is 0 Å². The summed E-state index contributed by atoms with van der Waals surface area (Å²) in [5.74, 6) is -1.17. The molecule has 0 aliphatic carbocycles. The van der Waals surface area contributed by atoms with E-state index < -0.39 is 17.8 Å². The first-order chi connectivity index (χ1) is 15.3. The quantitative estimate of drug-likeness (QED) is 0.477. The average Bonchev–Trinajstić information content (AvgIpc) is 3.26. The fourth-order valence-corrected chi connectivity index (χ4v) is 3.15. The molecule has 1 heterocycles. The number of hydrogen-bond donors (Lipinski definition) is 1. The van der Waals surface area contributed by atoms with E-state index in [1.165, 1.54) is 38.5 Å². The minimum atomic E-state index is -0.676. The number of carbonyl (C=O) groups excluding carboxylic acids is 3. The van der Waals surface area contributed by atoms with Crippen molar-refractivity contribution in [1.29, 1.82) is 0 Å². The minimum absolute atomic E-state index is 0.00566. The molecule has 0 radical (unpaired) electrons. The molecule has 0 saturated carbocycles. The summed E-state index contributed by atoms with van der Waals surface area (Å²) in [6.07, 6.45) is 0. The molecular weight excluding hydrogens is 461 g/mol. The van der Waals surface area contributed by atoms with Gasteiger partial charge in [0.15, 0.2) is 5.76 Å². The maximum atomic E-state index is 12.6. The molecule has 0 aliphatic rings. The van der Waals surface area contributed by atoms with E-state index in [0.29, 0.717) is 21.6 Å². The van der Waals surface area contributed by atoms with Gasteiger partial charge in [0, 0.05) is 10.7 Å². The molecule has 0 atom stereocenters. The van der Waals surface area contributed by atoms with Crippen molar-refractivity contribution in [3.63, 3.8) is 0 Å². The maximum Gasteiger partial charge on any atom is 0.337 e. The molecule has 0 bridgehead atoms. The van der Waals surface area contributed by atoms with Crippen LogP contribution in [0.1, 0.15) is 37.0 Å². The first kappa shape index (κ1) is 23.2. The summed E-state index contributed by atoms with van der Waals surface area (Å²) in [5, 5.41) is 3.39. The number of rotatable bonds is 7. The molecule has 0 unspecified atom stereocenters. The Morgan fingerprint density at radius 1 is 0.906 bits per heavy atom. The molecule has 3 aromatic rings. The van der Waals surface area contributed by atoms with E-state index in [4.69, 9.17) is 32.4 Å². The molecule has 1 amide bonds. The van der Waals surface area contributed by atoms with Crippen LogP contribution in [0.4, 0.5) is 5.69 Å². The lowest BCUT2D eigenvalue weighted by atomic mass is 10.1. The highest BCUT2D eigenvalue weighted by atomic mass is 35.5. The van der Waals surface area contributed by atoms with Gasteiger partial charge in [-0.15, -0.1) is 0 Å². The molecule has 0 saturated heterocycles. The van der Waals surface area contributed by atoms with Gasteiger partial charge in [-0.3, -0.25) is 4.79 Å². The summed E-state index contributed by atoms with van der Waals surface area (Å²) in [7, 11) is 2.41. The second-order valence-corrected chi connectivity index (χ2v) is 7.21. The Labute approximate surface area is 193 Å². The van der Waals surface area contributed by atoms with E-state index in [9.17, 15) is 14.4 Å². The third kappa shape index (κ3) is 5.60. The Morgan fingerprint density at radius 2 is 1.56 bits per heavy atom. The molecule has 3 rings (SSSR count). The Morgan fingerprint density at radius 3 is 2.16 bits per heavy atom. The number of halogens is 2. The lowest BCUT2D eigenvalue weighted by Crippen LogP contribution is -2.13. The third-order valence-electron chi connectivity index (χ3n) is 4.18. The summed E-state index contributed by atoms with van der Waals surface area (Å²) in [6.45, 7) is 0.0267. The first-order valence-electron chi connectivity index (χ1n) is 9.10. The molecule has 166 valence electrons. The van der Waals surface area contributed by atoms with Gasteiger partial charge in [-0.05, 0) is 48.5 Å². The minimum Gasteiger partial charge on any atom is -0.484 e. The van der Waals surface area contributed by atoms with Crippen molar-refractivity contribution in [3.8, 4) is 5.75 Å². The zero-order valence-electron chi connectivity index (χ0n) is 16.9. The SMILES string of the molecule is COC(=O)c1cc(NC(=O)c2ccc(COc3ccc(Cl)cc3Cl)o2)cc(C(=O)OC)c1. The van der Waals surface area contributed by atoms with E-state index in [1.807, 2.05) is 0 Å². The molecule has 0 spiro atoms. The molecule has 1 N–H and O–H groups in total. The molecular formula is C22H17Cl2NO7. The van der Waals surface area contributed by atoms with Crippen LogP contribution in [-0.2, 0) is 16.1 Å². The standard InChI is InChI=1S/C22H17Cl2NO7/c1-29-21(27)12-7-13(22(28)30-2)9-15(8-12)25-20(26)19-6-4-16(32-19)11-31-18-5-3-14(23)10-17(18)24/h3-10H,11H2,1-2H3,(H,25,26). The lowest BCUT2D eigenvalue weighted by Gasteiger charge is -2.09. The predicted octanol–water partition coefficient (Wildman–Crippen LogP) is 4.99. The topological polar surface area (TPSA) is 104 Å². The number of hydrogen-bond acceptors (Lipinski definition) is 7. The van der Waals surface area contributed by atoms with E-state index in [-0.39, 0.29) is 29.2 Å². The first-order valence-corrected chi connectivity index (χ1v) is 9.86. The highest BCUT2D eigenvalue weighted by molar-refractivity contribution is 6.35. The molecule has 32 heavy (non-hydrogen) atoms. The van der Waals surface area contributed by atoms with Crippen LogP contribution in [-0.4, -0.2) is 32.1 Å². The largest absolute Gasteiger partial charge is 0.484 e. The predicted molar refractivity (Wildman–Crippen MR) is 117 cm³/mol. The Bertz CT molecular complexity index is 1140. The Hall–Kier alpha value is -3.49. The number of methoxy groups -OCH3 is 2. The molecule has 2 aromatic carbocycles. The number of carbonyl (C=O) groups is 3. The van der Waals surface area contributed by atoms with Gasteiger partial charge < -0.3 is 23.9 Å². The van der Waals surface area contributed by atoms with Crippen LogP contribution in [0.15, 0.2) is 52.9 Å². The maximum absolute atomic E-state index is 12.6. The van der Waals surface area contributed by atoms with Crippen LogP contribution in [0, 0.1) is 0 Å². The van der Waals surface area contributed by atoms with Gasteiger partial charge in [-0.2, -0.15) is 0 Å². The molecule has 0 fully saturated rings. The van der Waals surface area contributed by atoms with Crippen molar-refractivity contribution in [1.82, 2.24) is 0 Å². The van der Waals surface area contributed by atoms with Gasteiger partial charge in [-0.25, -0.2) is 9.59 Å². The number of furan rings is 1. The van der Waals surface area contributed by atoms with Gasteiger partial charge in [-0.1, -0.05) is 23.2 Å². The second kappa shape index (κ2) is 10.2. The van der Waals surface area contributed by atoms with Gasteiger partial charge in [0.1, 0.15) is 18.1 Å². The Kier molecular flexibility index (Phi) is 7.40. The van der Waals surface area contributed by atoms with Gasteiger partial charge in [0.25, 0.3) is 5.91 Å². The summed E-state index contributed by atoms with van der Waals surface area (Å²) in [5.41, 5.74) is 0.318. The second-order valence-electron chi connectivity index (χ2n) is 6.37. The van der Waals surface area contributed by atoms with Crippen molar-refractivity contribution < 1.29 is 33.0 Å². The average molecular weight is 478 g/mol. The smallest absolute Gasteiger partial charge is 0.337 e. The molecule has 10 heteroatoms. The van der Waals surface area contributed by atoms with Crippen LogP contribution in [0.25, 0.3) is 0 Å². The van der Waals surface area contributed by atoms with E-state index >= 15 is 0 Å². The third-order valence-corrected chi connectivity index (χ3v) is 4.71. The lowest BCUT2D eigenvalue weighted by molar-refractivity contribution is 0.0599. The number of amides is 1. The fraction of sp³-hybridized carbons (Fsp3) is 0.136. The normalized spacial score (nSPS) is 10.4. The molecule has 8 nitrogen and oxygen atoms in total. The highest BCUT2D eigenvalue weighted by Crippen LogP contribution is 2.28. The highest BCUT2D eigenvalue weighted by Gasteiger charge is 2.17. The number of anilines is 1. The number of ether oxygens (including phenoxy) is 3. The molecule has 0 aliphatic heterocycles. The zero-order valence-corrected chi connectivity index (χ0v) is 18.5. The van der Waals surface area contributed by atoms with Crippen LogP contribution in [0.2, 0.25) is 10.0 Å². The number of esters is 2. The van der Waals surface area contributed by atoms with Gasteiger partial charge >= 0.3 is 11.9 Å². The van der Waals surface area contributed by atoms with Crippen molar-refractivity contribution in [2.75, 3.05) is 19.5 Å². The van der Waals surface area contributed by atoms with Gasteiger partial charge in [0.2, 0.25) is 0 Å². The van der Waals surface area contributed by atoms with Crippen LogP contribution in [0.5, 0.6) is 5.75 Å². The monoisotopic (exact) mass is 477 g/mol. The van der Waals surface area contributed by atoms with Crippen LogP contribution >= 0.6 is 23.2 Å². The summed E-state index contributed by atoms with van der Waals surface area (Å²) < 4.78 is 20.4. The van der Waals surface area contributed by atoms with Gasteiger partial charge in [0.05, 0.1) is 30.4 Å². The van der Waals surface area contributed by atoms with Crippen molar-refractivity contribution >= 4 is 46.7 Å². The summed E-state index contributed by atoms with van der Waals surface area (Å²) in [4.78, 5) is 36.3. The summed E-state index contributed by atoms with van der Waals surface area (Å²) in [6, 6.07) is 11.9. The fourth-order valence-electron chi connectivity index (χ4n) is 2.68. The van der Waals surface area contributed by atoms with E-state index in [1.54, 1.807) is 24.3 Å². The van der Waals surface area contributed by atoms with Crippen LogP contribution in [0.3, 0.4) is 0 Å². The van der Waals surface area contributed by atoms with Crippen LogP contribution < -0.4 is 10.1 Å². The number of nitrogens with one attached hydrogen (secondary N) is 1. The number of benzene rings is 2. The zero-order chi connectivity index (χ0) is 23.3. The van der Waals surface area contributed by atoms with Crippen molar-refractivity contribution in [2.45, 2.75) is 6.61 Å². The van der Waals surface area contributed by atoms with Crippen molar-refractivity contribution in [3.05, 3.63) is 81.2 Å². The Balaban J connectivity index is 1.73. The van der Waals surface area contributed by atoms with E-state index in [0.717, 1.165) is 0 Å². The van der Waals surface area contributed by atoms with E-state index in [2.05, 4.69) is 14.8 Å².